The molecule has 7 heteroatoms. The van der Waals surface area contributed by atoms with Gasteiger partial charge in [0.05, 0.1) is 5.56 Å². The number of benzene rings is 2. The molecule has 0 saturated heterocycles. The molecule has 0 atom stereocenters. The van der Waals surface area contributed by atoms with E-state index in [9.17, 15) is 14.4 Å². The molecule has 2 rings (SSSR count). The van der Waals surface area contributed by atoms with Gasteiger partial charge in [-0.2, -0.15) is 0 Å². The van der Waals surface area contributed by atoms with Crippen molar-refractivity contribution in [3.05, 3.63) is 70.2 Å². The quantitative estimate of drug-likeness (QED) is 0.622. The van der Waals surface area contributed by atoms with Crippen LogP contribution in [0.2, 0.25) is 5.02 Å². The zero-order valence-corrected chi connectivity index (χ0v) is 15.2. The molecule has 0 saturated carbocycles. The summed E-state index contributed by atoms with van der Waals surface area (Å²) in [5, 5.41) is 0.499. The van der Waals surface area contributed by atoms with Gasteiger partial charge in [-0.3, -0.25) is 20.4 Å². The van der Waals surface area contributed by atoms with E-state index in [1.165, 1.54) is 12.1 Å². The first-order chi connectivity index (χ1) is 12.4. The second-order valence-electron chi connectivity index (χ2n) is 5.86. The Morgan fingerprint density at radius 3 is 2.08 bits per heavy atom. The van der Waals surface area contributed by atoms with Crippen LogP contribution < -0.4 is 10.9 Å². The lowest BCUT2D eigenvalue weighted by Gasteiger charge is -2.09. The van der Waals surface area contributed by atoms with Crippen LogP contribution in [-0.2, 0) is 9.53 Å². The zero-order valence-electron chi connectivity index (χ0n) is 14.4. The van der Waals surface area contributed by atoms with Crippen molar-refractivity contribution in [2.75, 3.05) is 6.61 Å². The number of nitrogens with one attached hydrogen (secondary N) is 2. The minimum atomic E-state index is -0.653. The average molecular weight is 375 g/mol. The lowest BCUT2D eigenvalue weighted by molar-refractivity contribution is -0.125. The summed E-state index contributed by atoms with van der Waals surface area (Å²) in [6.07, 6.45) is 0. The molecule has 2 aromatic carbocycles. The highest BCUT2D eigenvalue weighted by Gasteiger charge is 2.12. The van der Waals surface area contributed by atoms with Gasteiger partial charge in [0.25, 0.3) is 11.8 Å². The van der Waals surface area contributed by atoms with Gasteiger partial charge in [0.15, 0.2) is 6.61 Å². The van der Waals surface area contributed by atoms with Gasteiger partial charge in [-0.05, 0) is 47.9 Å². The van der Waals surface area contributed by atoms with E-state index in [0.717, 1.165) is 5.56 Å². The Bertz CT molecular complexity index is 786. The maximum absolute atomic E-state index is 11.9. The second-order valence-corrected chi connectivity index (χ2v) is 6.30. The molecule has 0 aliphatic rings. The summed E-state index contributed by atoms with van der Waals surface area (Å²) in [5.74, 6) is -1.42. The van der Waals surface area contributed by atoms with Gasteiger partial charge in [0, 0.05) is 10.6 Å². The number of ether oxygens (including phenoxy) is 1. The fraction of sp³-hybridized carbons (Fsp3) is 0.211. The molecule has 6 nitrogen and oxygen atoms in total. The molecule has 0 aromatic heterocycles. The number of amides is 2. The van der Waals surface area contributed by atoms with Gasteiger partial charge in [-0.15, -0.1) is 0 Å². The third-order valence-electron chi connectivity index (χ3n) is 3.57. The summed E-state index contributed by atoms with van der Waals surface area (Å²) in [6.45, 7) is 3.59. The van der Waals surface area contributed by atoms with Gasteiger partial charge < -0.3 is 4.74 Å². The van der Waals surface area contributed by atoms with E-state index in [2.05, 4.69) is 24.7 Å². The molecular weight excluding hydrogens is 356 g/mol. The summed E-state index contributed by atoms with van der Waals surface area (Å²) in [7, 11) is 0. The van der Waals surface area contributed by atoms with E-state index in [-0.39, 0.29) is 0 Å². The van der Waals surface area contributed by atoms with Crippen molar-refractivity contribution in [3.8, 4) is 0 Å². The minimum Gasteiger partial charge on any atom is -0.452 e. The number of carbonyl (C=O) groups excluding carboxylic acids is 3. The van der Waals surface area contributed by atoms with Gasteiger partial charge in [-0.25, -0.2) is 4.79 Å². The van der Waals surface area contributed by atoms with E-state index < -0.39 is 24.4 Å². The Labute approximate surface area is 156 Å². The van der Waals surface area contributed by atoms with Gasteiger partial charge in [0.2, 0.25) is 0 Å². The number of hydrazine groups is 1. The number of carbonyl (C=O) groups is 3. The van der Waals surface area contributed by atoms with Crippen LogP contribution in [0.15, 0.2) is 48.5 Å². The summed E-state index contributed by atoms with van der Waals surface area (Å²) >= 11 is 5.74. The Morgan fingerprint density at radius 1 is 0.923 bits per heavy atom. The van der Waals surface area contributed by atoms with Crippen molar-refractivity contribution >= 4 is 29.4 Å². The van der Waals surface area contributed by atoms with Crippen LogP contribution in [0.3, 0.4) is 0 Å². The third kappa shape index (κ3) is 5.60. The normalized spacial score (nSPS) is 10.3. The average Bonchev–Trinajstić information content (AvgIpc) is 2.64. The second kappa shape index (κ2) is 9.01. The lowest BCUT2D eigenvalue weighted by Crippen LogP contribution is -2.43. The van der Waals surface area contributed by atoms with E-state index in [1.54, 1.807) is 24.3 Å². The largest absolute Gasteiger partial charge is 0.452 e. The van der Waals surface area contributed by atoms with Crippen molar-refractivity contribution in [1.82, 2.24) is 10.9 Å². The van der Waals surface area contributed by atoms with Crippen LogP contribution in [0.4, 0.5) is 0 Å². The molecule has 0 fully saturated rings. The predicted molar refractivity (Wildman–Crippen MR) is 97.9 cm³/mol. The first-order valence-electron chi connectivity index (χ1n) is 7.98. The van der Waals surface area contributed by atoms with Gasteiger partial charge in [0.1, 0.15) is 0 Å². The summed E-state index contributed by atoms with van der Waals surface area (Å²) in [6, 6.07) is 13.1. The molecule has 0 heterocycles. The molecule has 0 unspecified atom stereocenters. The van der Waals surface area contributed by atoms with E-state index in [1.807, 2.05) is 12.1 Å². The minimum absolute atomic E-state index is 0.330. The SMILES string of the molecule is CC(C)c1ccc(C(=O)OCC(=O)NNC(=O)c2ccc(Cl)cc2)cc1. The highest BCUT2D eigenvalue weighted by Crippen LogP contribution is 2.15. The standard InChI is InChI=1S/C19H19ClN2O4/c1-12(2)13-3-5-15(6-4-13)19(25)26-11-17(23)21-22-18(24)14-7-9-16(20)10-8-14/h3-10,12H,11H2,1-2H3,(H,21,23)(H,22,24). The molecule has 2 aromatic rings. The Hall–Kier alpha value is -2.86. The topological polar surface area (TPSA) is 84.5 Å². The van der Waals surface area contributed by atoms with Crippen LogP contribution >= 0.6 is 11.6 Å². The van der Waals surface area contributed by atoms with Crippen LogP contribution in [0.25, 0.3) is 0 Å². The van der Waals surface area contributed by atoms with E-state index in [0.29, 0.717) is 22.1 Å². The van der Waals surface area contributed by atoms with Crippen molar-refractivity contribution in [2.24, 2.45) is 0 Å². The highest BCUT2D eigenvalue weighted by atomic mass is 35.5. The van der Waals surface area contributed by atoms with Gasteiger partial charge in [-0.1, -0.05) is 37.6 Å². The molecule has 0 spiro atoms. The number of halogens is 1. The fourth-order valence-corrected chi connectivity index (χ4v) is 2.18. The Kier molecular flexibility index (Phi) is 6.74. The molecule has 136 valence electrons. The maximum atomic E-state index is 11.9. The molecule has 26 heavy (non-hydrogen) atoms. The van der Waals surface area contributed by atoms with Crippen molar-refractivity contribution in [2.45, 2.75) is 19.8 Å². The van der Waals surface area contributed by atoms with Crippen LogP contribution in [0.5, 0.6) is 0 Å². The number of esters is 1. The summed E-state index contributed by atoms with van der Waals surface area (Å²) in [4.78, 5) is 35.4. The van der Waals surface area contributed by atoms with Crippen LogP contribution in [0.1, 0.15) is 46.0 Å². The summed E-state index contributed by atoms with van der Waals surface area (Å²) < 4.78 is 4.92. The molecule has 0 radical (unpaired) electrons. The van der Waals surface area contributed by atoms with E-state index >= 15 is 0 Å². The van der Waals surface area contributed by atoms with E-state index in [4.69, 9.17) is 16.3 Å². The summed E-state index contributed by atoms with van der Waals surface area (Å²) in [5.41, 5.74) is 6.19. The molecule has 2 amide bonds. The molecule has 0 aliphatic carbocycles. The maximum Gasteiger partial charge on any atom is 0.338 e. The third-order valence-corrected chi connectivity index (χ3v) is 3.82. The highest BCUT2D eigenvalue weighted by molar-refractivity contribution is 6.30. The fourth-order valence-electron chi connectivity index (χ4n) is 2.05. The lowest BCUT2D eigenvalue weighted by atomic mass is 10.0. The zero-order chi connectivity index (χ0) is 19.1. The molecule has 0 bridgehead atoms. The molecular formula is C19H19ClN2O4. The first kappa shape index (κ1) is 19.5. The first-order valence-corrected chi connectivity index (χ1v) is 8.36. The van der Waals surface area contributed by atoms with Crippen molar-refractivity contribution < 1.29 is 19.1 Å². The number of hydrogen-bond acceptors (Lipinski definition) is 4. The van der Waals surface area contributed by atoms with Crippen molar-refractivity contribution in [3.63, 3.8) is 0 Å². The predicted octanol–water partition coefficient (Wildman–Crippen LogP) is 3.08. The smallest absolute Gasteiger partial charge is 0.338 e. The molecule has 2 N–H and O–H groups in total. The Morgan fingerprint density at radius 2 is 1.50 bits per heavy atom. The van der Waals surface area contributed by atoms with Crippen molar-refractivity contribution in [1.29, 1.82) is 0 Å². The Balaban J connectivity index is 1.78. The molecule has 0 aliphatic heterocycles. The number of hydrogen-bond donors (Lipinski definition) is 2. The number of rotatable bonds is 5. The monoisotopic (exact) mass is 374 g/mol. The van der Waals surface area contributed by atoms with Crippen LogP contribution in [0, 0.1) is 0 Å². The van der Waals surface area contributed by atoms with Crippen LogP contribution in [-0.4, -0.2) is 24.4 Å². The van der Waals surface area contributed by atoms with Gasteiger partial charge >= 0.3 is 5.97 Å².